The average molecular weight is 426 g/mol. The molecule has 168 valence electrons. The van der Waals surface area contributed by atoms with Gasteiger partial charge in [-0.1, -0.05) is 13.8 Å². The molecule has 0 spiro atoms. The number of likely N-dealkylation sites (tertiary alicyclic amines) is 1. The van der Waals surface area contributed by atoms with Crippen LogP contribution in [-0.2, 0) is 10.3 Å². The first-order chi connectivity index (χ1) is 14.6. The van der Waals surface area contributed by atoms with Crippen LogP contribution < -0.4 is 5.32 Å². The number of rotatable bonds is 5. The number of amides is 2. The number of carbonyl (C=O) groups is 2. The molecule has 0 unspecified atom stereocenters. The smallest absolute Gasteiger partial charge is 0.252 e. The number of nitrogens with zero attached hydrogens (tertiary/aromatic N) is 4. The van der Waals surface area contributed by atoms with Crippen LogP contribution in [0.4, 0.5) is 0 Å². The summed E-state index contributed by atoms with van der Waals surface area (Å²) in [6.45, 7) is 13.7. The molecule has 2 aliphatic rings. The molecule has 1 atom stereocenters. The number of carbonyl (C=O) groups excluding carboxylic acids is 2. The zero-order valence-corrected chi connectivity index (χ0v) is 19.7. The molecule has 7 heteroatoms. The second kappa shape index (κ2) is 7.92. The third kappa shape index (κ3) is 4.19. The predicted molar refractivity (Wildman–Crippen MR) is 121 cm³/mol. The molecule has 1 aliphatic heterocycles. The summed E-state index contributed by atoms with van der Waals surface area (Å²) >= 11 is 0. The third-order valence-corrected chi connectivity index (χ3v) is 6.35. The molecule has 4 rings (SSSR count). The van der Waals surface area contributed by atoms with Gasteiger partial charge in [0.05, 0.1) is 22.2 Å². The maximum absolute atomic E-state index is 13.6. The van der Waals surface area contributed by atoms with Gasteiger partial charge in [0, 0.05) is 24.7 Å². The maximum atomic E-state index is 13.6. The normalized spacial score (nSPS) is 18.1. The van der Waals surface area contributed by atoms with Crippen LogP contribution in [0, 0.1) is 12.8 Å². The minimum Gasteiger partial charge on any atom is -0.341 e. The van der Waals surface area contributed by atoms with Crippen LogP contribution in [0.15, 0.2) is 6.07 Å². The minimum atomic E-state index is -0.531. The van der Waals surface area contributed by atoms with Crippen LogP contribution in [0.25, 0.3) is 11.0 Å². The van der Waals surface area contributed by atoms with Crippen molar-refractivity contribution in [1.82, 2.24) is 25.0 Å². The summed E-state index contributed by atoms with van der Waals surface area (Å²) in [4.78, 5) is 33.4. The second-order valence-electron chi connectivity index (χ2n) is 10.5. The van der Waals surface area contributed by atoms with Crippen molar-refractivity contribution in [3.8, 4) is 0 Å². The number of hydrogen-bond acceptors (Lipinski definition) is 4. The standard InChI is InChI=1S/C24H35N5O2/c1-14(2)20(23(31)28-11-7-8-12-28)26-22(30)17-13-18(16-9-10-16)25-21-19(17)15(3)27-29(21)24(4,5)6/h13-14,16,20H,7-12H2,1-6H3,(H,26,30)/t20-/m0/s1. The van der Waals surface area contributed by atoms with Gasteiger partial charge < -0.3 is 10.2 Å². The van der Waals surface area contributed by atoms with Gasteiger partial charge in [0.25, 0.3) is 5.91 Å². The Hall–Kier alpha value is -2.44. The molecule has 7 nitrogen and oxygen atoms in total. The third-order valence-electron chi connectivity index (χ3n) is 6.35. The Morgan fingerprint density at radius 2 is 1.81 bits per heavy atom. The van der Waals surface area contributed by atoms with Crippen molar-refractivity contribution in [2.24, 2.45) is 5.92 Å². The highest BCUT2D eigenvalue weighted by molar-refractivity contribution is 6.08. The molecule has 0 aromatic carbocycles. The van der Waals surface area contributed by atoms with Crippen molar-refractivity contribution in [1.29, 1.82) is 0 Å². The predicted octanol–water partition coefficient (Wildman–Crippen LogP) is 3.75. The van der Waals surface area contributed by atoms with Crippen molar-refractivity contribution in [3.05, 3.63) is 23.0 Å². The Kier molecular flexibility index (Phi) is 5.56. The molecule has 2 aromatic heterocycles. The van der Waals surface area contributed by atoms with Crippen molar-refractivity contribution in [3.63, 3.8) is 0 Å². The van der Waals surface area contributed by atoms with Crippen LogP contribution in [0.5, 0.6) is 0 Å². The van der Waals surface area contributed by atoms with E-state index in [2.05, 4.69) is 26.1 Å². The van der Waals surface area contributed by atoms with Gasteiger partial charge in [-0.3, -0.25) is 9.59 Å². The molecule has 0 radical (unpaired) electrons. The Morgan fingerprint density at radius 3 is 2.35 bits per heavy atom. The van der Waals surface area contributed by atoms with Gasteiger partial charge in [0.2, 0.25) is 5.91 Å². The van der Waals surface area contributed by atoms with Crippen LogP contribution >= 0.6 is 0 Å². The molecule has 2 amide bonds. The van der Waals surface area contributed by atoms with E-state index in [1.165, 1.54) is 0 Å². The molecular formula is C24H35N5O2. The Morgan fingerprint density at radius 1 is 1.16 bits per heavy atom. The lowest BCUT2D eigenvalue weighted by molar-refractivity contribution is -0.133. The zero-order valence-electron chi connectivity index (χ0n) is 19.7. The first-order valence-electron chi connectivity index (χ1n) is 11.6. The fraction of sp³-hybridized carbons (Fsp3) is 0.667. The minimum absolute atomic E-state index is 0.00989. The average Bonchev–Trinajstić information content (AvgIpc) is 3.28. The van der Waals surface area contributed by atoms with E-state index in [9.17, 15) is 9.59 Å². The van der Waals surface area contributed by atoms with E-state index in [1.54, 1.807) is 0 Å². The number of fused-ring (bicyclic) bond motifs is 1. The van der Waals surface area contributed by atoms with E-state index in [0.717, 1.165) is 61.2 Å². The second-order valence-corrected chi connectivity index (χ2v) is 10.5. The monoisotopic (exact) mass is 425 g/mol. The van der Waals surface area contributed by atoms with Gasteiger partial charge in [0.1, 0.15) is 6.04 Å². The number of hydrogen-bond donors (Lipinski definition) is 1. The highest BCUT2D eigenvalue weighted by Crippen LogP contribution is 2.41. The van der Waals surface area contributed by atoms with Gasteiger partial charge in [-0.15, -0.1) is 0 Å². The van der Waals surface area contributed by atoms with Crippen LogP contribution in [-0.4, -0.2) is 50.6 Å². The van der Waals surface area contributed by atoms with Gasteiger partial charge in [0.15, 0.2) is 5.65 Å². The topological polar surface area (TPSA) is 80.1 Å². The molecule has 2 aromatic rings. The fourth-order valence-corrected chi connectivity index (χ4v) is 4.41. The zero-order chi connectivity index (χ0) is 22.5. The molecule has 1 N–H and O–H groups in total. The SMILES string of the molecule is Cc1nn(C(C)(C)C)c2nc(C3CC3)cc(C(=O)N[C@H](C(=O)N3CCCC3)C(C)C)c12. The summed E-state index contributed by atoms with van der Waals surface area (Å²) < 4.78 is 1.93. The number of pyridine rings is 1. The van der Waals surface area contributed by atoms with E-state index in [4.69, 9.17) is 10.1 Å². The lowest BCUT2D eigenvalue weighted by Gasteiger charge is -2.27. The summed E-state index contributed by atoms with van der Waals surface area (Å²) in [5, 5.41) is 8.59. The summed E-state index contributed by atoms with van der Waals surface area (Å²) in [5.74, 6) is 0.232. The van der Waals surface area contributed by atoms with Gasteiger partial charge in [-0.2, -0.15) is 5.10 Å². The molecule has 1 saturated heterocycles. The largest absolute Gasteiger partial charge is 0.341 e. The molecule has 0 bridgehead atoms. The molecule has 1 saturated carbocycles. The van der Waals surface area contributed by atoms with Crippen molar-refractivity contribution in [2.45, 2.75) is 84.7 Å². The Balaban J connectivity index is 1.74. The van der Waals surface area contributed by atoms with E-state index >= 15 is 0 Å². The Bertz CT molecular complexity index is 1010. The number of aromatic nitrogens is 3. The molecular weight excluding hydrogens is 390 g/mol. The molecule has 3 heterocycles. The number of aryl methyl sites for hydroxylation is 1. The fourth-order valence-electron chi connectivity index (χ4n) is 4.41. The molecule has 1 aliphatic carbocycles. The van der Waals surface area contributed by atoms with Gasteiger partial charge in [-0.05, 0) is 65.4 Å². The first-order valence-corrected chi connectivity index (χ1v) is 11.6. The van der Waals surface area contributed by atoms with Crippen LogP contribution in [0.1, 0.15) is 88.0 Å². The lowest BCUT2D eigenvalue weighted by Crippen LogP contribution is -2.50. The number of nitrogens with one attached hydrogen (secondary N) is 1. The maximum Gasteiger partial charge on any atom is 0.252 e. The van der Waals surface area contributed by atoms with E-state index in [0.29, 0.717) is 11.5 Å². The van der Waals surface area contributed by atoms with Crippen molar-refractivity contribution in [2.75, 3.05) is 13.1 Å². The summed E-state index contributed by atoms with van der Waals surface area (Å²) in [5.41, 5.74) is 2.83. The Labute approximate surface area is 184 Å². The van der Waals surface area contributed by atoms with E-state index in [-0.39, 0.29) is 23.3 Å². The highest BCUT2D eigenvalue weighted by atomic mass is 16.2. The van der Waals surface area contributed by atoms with Gasteiger partial charge in [-0.25, -0.2) is 9.67 Å². The van der Waals surface area contributed by atoms with E-state index < -0.39 is 6.04 Å². The molecule has 31 heavy (non-hydrogen) atoms. The van der Waals surface area contributed by atoms with Gasteiger partial charge >= 0.3 is 0 Å². The van der Waals surface area contributed by atoms with E-state index in [1.807, 2.05) is 36.4 Å². The quantitative estimate of drug-likeness (QED) is 0.791. The van der Waals surface area contributed by atoms with Crippen LogP contribution in [0.3, 0.4) is 0 Å². The lowest BCUT2D eigenvalue weighted by atomic mass is 10.0. The van der Waals surface area contributed by atoms with Crippen molar-refractivity contribution < 1.29 is 9.59 Å². The van der Waals surface area contributed by atoms with Crippen molar-refractivity contribution >= 4 is 22.8 Å². The summed E-state index contributed by atoms with van der Waals surface area (Å²) in [7, 11) is 0. The highest BCUT2D eigenvalue weighted by Gasteiger charge is 2.33. The van der Waals surface area contributed by atoms with Crippen LogP contribution in [0.2, 0.25) is 0 Å². The summed E-state index contributed by atoms with van der Waals surface area (Å²) in [6.07, 6.45) is 4.27. The molecule has 2 fully saturated rings. The first kappa shape index (κ1) is 21.8. The summed E-state index contributed by atoms with van der Waals surface area (Å²) in [6, 6.07) is 1.39.